The average molecular weight is 578 g/mol. The third kappa shape index (κ3) is 9.01. The van der Waals surface area contributed by atoms with E-state index in [-0.39, 0.29) is 35.9 Å². The van der Waals surface area contributed by atoms with E-state index in [0.29, 0.717) is 19.2 Å². The number of morpholine rings is 1. The van der Waals surface area contributed by atoms with Gasteiger partial charge in [-0.1, -0.05) is 0 Å². The molecule has 2 aliphatic rings. The van der Waals surface area contributed by atoms with Gasteiger partial charge in [-0.2, -0.15) is 0 Å². The molecule has 0 aromatic carbocycles. The predicted molar refractivity (Wildman–Crippen MR) is 138 cm³/mol. The summed E-state index contributed by atoms with van der Waals surface area (Å²) in [5.41, 5.74) is 0. The Balaban J connectivity index is 0.00000385. The summed E-state index contributed by atoms with van der Waals surface area (Å²) in [6.07, 6.45) is 4.61. The van der Waals surface area contributed by atoms with E-state index in [1.54, 1.807) is 0 Å². The number of carbonyl (C=O) groups excluding carboxylic acids is 1. The van der Waals surface area contributed by atoms with Crippen molar-refractivity contribution in [2.75, 3.05) is 46.0 Å². The van der Waals surface area contributed by atoms with Crippen molar-refractivity contribution in [3.05, 3.63) is 11.6 Å². The van der Waals surface area contributed by atoms with Gasteiger partial charge in [0.2, 0.25) is 0 Å². The highest BCUT2D eigenvalue weighted by Crippen LogP contribution is 2.25. The van der Waals surface area contributed by atoms with E-state index < -0.39 is 0 Å². The summed E-state index contributed by atoms with van der Waals surface area (Å²) < 4.78 is 12.6. The molecular formula is C22H40IN7O3. The van der Waals surface area contributed by atoms with Crippen molar-refractivity contribution in [3.8, 4) is 0 Å². The fourth-order valence-electron chi connectivity index (χ4n) is 4.15. The SMILES string of the molecule is CCOC(=O)C1CCC(NC(=NCc2nnc(C)n2C)NCCCN2CCOCC2)CC1.I. The maximum absolute atomic E-state index is 12.0. The standard InChI is InChI=1S/C22H39N7O3.HI/c1-4-32-21(30)18-6-8-19(9-7-18)25-22(24-16-20-27-26-17(2)28(20)3)23-10-5-11-29-12-14-31-15-13-29;/h18-19H,4-16H2,1-3H3,(H2,23,24,25);1H. The molecule has 1 aliphatic carbocycles. The quantitative estimate of drug-likeness (QED) is 0.150. The van der Waals surface area contributed by atoms with E-state index in [2.05, 4.69) is 25.7 Å². The number of nitrogens with zero attached hydrogens (tertiary/aromatic N) is 5. The summed E-state index contributed by atoms with van der Waals surface area (Å²) in [6.45, 7) is 10.3. The van der Waals surface area contributed by atoms with Crippen LogP contribution in [0.25, 0.3) is 0 Å². The lowest BCUT2D eigenvalue weighted by atomic mass is 9.86. The number of aromatic nitrogens is 3. The zero-order valence-corrected chi connectivity index (χ0v) is 22.5. The van der Waals surface area contributed by atoms with Crippen LogP contribution in [-0.2, 0) is 27.9 Å². The van der Waals surface area contributed by atoms with Gasteiger partial charge < -0.3 is 24.7 Å². The molecule has 0 unspecified atom stereocenters. The Morgan fingerprint density at radius 2 is 1.94 bits per heavy atom. The van der Waals surface area contributed by atoms with Gasteiger partial charge in [-0.05, 0) is 52.5 Å². The van der Waals surface area contributed by atoms with Crippen molar-refractivity contribution in [3.63, 3.8) is 0 Å². The highest BCUT2D eigenvalue weighted by molar-refractivity contribution is 14.0. The van der Waals surface area contributed by atoms with E-state index in [1.807, 2.05) is 25.5 Å². The average Bonchev–Trinajstić information content (AvgIpc) is 3.13. The summed E-state index contributed by atoms with van der Waals surface area (Å²) in [4.78, 5) is 19.2. The molecule has 3 rings (SSSR count). The molecule has 2 heterocycles. The second kappa shape index (κ2) is 14.7. The van der Waals surface area contributed by atoms with Crippen molar-refractivity contribution in [2.24, 2.45) is 18.0 Å². The molecule has 1 aromatic rings. The Morgan fingerprint density at radius 3 is 2.58 bits per heavy atom. The normalized spacial score (nSPS) is 21.8. The molecule has 1 saturated carbocycles. The summed E-state index contributed by atoms with van der Waals surface area (Å²) in [7, 11) is 1.96. The first-order valence-electron chi connectivity index (χ1n) is 11.9. The minimum Gasteiger partial charge on any atom is -0.466 e. The van der Waals surface area contributed by atoms with E-state index in [9.17, 15) is 4.79 Å². The molecule has 188 valence electrons. The molecule has 1 aromatic heterocycles. The molecule has 0 atom stereocenters. The fraction of sp³-hybridized carbons (Fsp3) is 0.818. The lowest BCUT2D eigenvalue weighted by Gasteiger charge is -2.29. The van der Waals surface area contributed by atoms with Crippen LogP contribution >= 0.6 is 24.0 Å². The topological polar surface area (TPSA) is 106 Å². The number of ether oxygens (including phenoxy) is 2. The monoisotopic (exact) mass is 577 g/mol. The number of hydrogen-bond donors (Lipinski definition) is 2. The van der Waals surface area contributed by atoms with Crippen LogP contribution in [0.4, 0.5) is 0 Å². The van der Waals surface area contributed by atoms with Crippen molar-refractivity contribution in [1.82, 2.24) is 30.3 Å². The Bertz CT molecular complexity index is 744. The number of halogens is 1. The van der Waals surface area contributed by atoms with E-state index in [1.165, 1.54) is 0 Å². The van der Waals surface area contributed by atoms with E-state index in [0.717, 1.165) is 89.1 Å². The maximum atomic E-state index is 12.0. The van der Waals surface area contributed by atoms with Crippen LogP contribution in [0.2, 0.25) is 0 Å². The van der Waals surface area contributed by atoms with E-state index in [4.69, 9.17) is 14.5 Å². The van der Waals surface area contributed by atoms with Crippen LogP contribution in [0.15, 0.2) is 4.99 Å². The molecule has 0 bridgehead atoms. The van der Waals surface area contributed by atoms with Crippen LogP contribution in [0, 0.1) is 12.8 Å². The van der Waals surface area contributed by atoms with Gasteiger partial charge in [0.15, 0.2) is 11.8 Å². The van der Waals surface area contributed by atoms with Gasteiger partial charge in [-0.25, -0.2) is 4.99 Å². The molecule has 0 spiro atoms. The fourth-order valence-corrected chi connectivity index (χ4v) is 4.15. The molecule has 1 aliphatic heterocycles. The molecule has 0 radical (unpaired) electrons. The van der Waals surface area contributed by atoms with Crippen molar-refractivity contribution in [2.45, 2.75) is 58.5 Å². The first kappa shape index (κ1) is 27.8. The van der Waals surface area contributed by atoms with Gasteiger partial charge in [0.25, 0.3) is 0 Å². The Hall–Kier alpha value is -1.47. The highest BCUT2D eigenvalue weighted by Gasteiger charge is 2.27. The second-order valence-electron chi connectivity index (χ2n) is 8.57. The third-order valence-electron chi connectivity index (χ3n) is 6.30. The Labute approximate surface area is 214 Å². The van der Waals surface area contributed by atoms with Crippen LogP contribution in [-0.4, -0.2) is 83.6 Å². The number of rotatable bonds is 9. The maximum Gasteiger partial charge on any atom is 0.308 e. The highest BCUT2D eigenvalue weighted by atomic mass is 127. The Kier molecular flexibility index (Phi) is 12.4. The number of aryl methyl sites for hydroxylation is 1. The first-order chi connectivity index (χ1) is 15.6. The van der Waals surface area contributed by atoms with Crippen LogP contribution < -0.4 is 10.6 Å². The van der Waals surface area contributed by atoms with Crippen molar-refractivity contribution >= 4 is 35.9 Å². The molecule has 33 heavy (non-hydrogen) atoms. The Morgan fingerprint density at radius 1 is 1.21 bits per heavy atom. The van der Waals surface area contributed by atoms with E-state index >= 15 is 0 Å². The van der Waals surface area contributed by atoms with Crippen LogP contribution in [0.5, 0.6) is 0 Å². The zero-order chi connectivity index (χ0) is 22.8. The molecule has 10 nitrogen and oxygen atoms in total. The van der Waals surface area contributed by atoms with Gasteiger partial charge in [0.05, 0.1) is 25.7 Å². The van der Waals surface area contributed by atoms with Gasteiger partial charge in [-0.15, -0.1) is 34.2 Å². The molecule has 1 saturated heterocycles. The van der Waals surface area contributed by atoms with Crippen LogP contribution in [0.3, 0.4) is 0 Å². The number of carbonyl (C=O) groups is 1. The molecule has 2 N–H and O–H groups in total. The number of esters is 1. The van der Waals surface area contributed by atoms with Gasteiger partial charge >= 0.3 is 5.97 Å². The van der Waals surface area contributed by atoms with Gasteiger partial charge in [0.1, 0.15) is 12.4 Å². The first-order valence-corrected chi connectivity index (χ1v) is 11.9. The predicted octanol–water partition coefficient (Wildman–Crippen LogP) is 1.62. The largest absolute Gasteiger partial charge is 0.466 e. The summed E-state index contributed by atoms with van der Waals surface area (Å²) in [6, 6.07) is 0.299. The third-order valence-corrected chi connectivity index (χ3v) is 6.30. The summed E-state index contributed by atoms with van der Waals surface area (Å²) in [5, 5.41) is 15.4. The van der Waals surface area contributed by atoms with Gasteiger partial charge in [0, 0.05) is 32.7 Å². The number of nitrogens with one attached hydrogen (secondary N) is 2. The summed E-state index contributed by atoms with van der Waals surface area (Å²) >= 11 is 0. The van der Waals surface area contributed by atoms with Crippen molar-refractivity contribution < 1.29 is 14.3 Å². The van der Waals surface area contributed by atoms with Crippen molar-refractivity contribution in [1.29, 1.82) is 0 Å². The lowest BCUT2D eigenvalue weighted by Crippen LogP contribution is -2.46. The molecule has 11 heteroatoms. The zero-order valence-electron chi connectivity index (χ0n) is 20.2. The van der Waals surface area contributed by atoms with Crippen LogP contribution in [0.1, 0.15) is 50.7 Å². The summed E-state index contributed by atoms with van der Waals surface area (Å²) in [5.74, 6) is 2.48. The smallest absolute Gasteiger partial charge is 0.308 e. The number of hydrogen-bond acceptors (Lipinski definition) is 7. The second-order valence-corrected chi connectivity index (χ2v) is 8.57. The lowest BCUT2D eigenvalue weighted by molar-refractivity contribution is -0.149. The minimum atomic E-state index is -0.0567. The molecule has 0 amide bonds. The molecule has 2 fully saturated rings. The molecular weight excluding hydrogens is 537 g/mol. The number of guanidine groups is 1. The van der Waals surface area contributed by atoms with Gasteiger partial charge in [-0.3, -0.25) is 9.69 Å². The number of aliphatic imine (C=N–C) groups is 1. The minimum absolute atomic E-state index is 0.